The van der Waals surface area contributed by atoms with Crippen LogP contribution in [0.5, 0.6) is 0 Å². The maximum Gasteiger partial charge on any atom is 0.357 e. The van der Waals surface area contributed by atoms with Crippen molar-refractivity contribution in [2.45, 2.75) is 6.54 Å². The van der Waals surface area contributed by atoms with Gasteiger partial charge in [0, 0.05) is 32.7 Å². The molecule has 0 radical (unpaired) electrons. The second-order valence-electron chi connectivity index (χ2n) is 5.69. The highest BCUT2D eigenvalue weighted by Crippen LogP contribution is 2.26. The van der Waals surface area contributed by atoms with E-state index in [0.29, 0.717) is 32.7 Å². The van der Waals surface area contributed by atoms with E-state index in [2.05, 4.69) is 31.0 Å². The average molecular weight is 412 g/mol. The van der Waals surface area contributed by atoms with Gasteiger partial charge in [0.1, 0.15) is 10.3 Å². The number of amides is 1. The molecule has 1 fully saturated rings. The van der Waals surface area contributed by atoms with Crippen LogP contribution in [-0.2, 0) is 6.54 Å². The minimum atomic E-state index is -0.634. The minimum absolute atomic E-state index is 0.00489. The predicted molar refractivity (Wildman–Crippen MR) is 90.5 cm³/mol. The Morgan fingerprint density at radius 2 is 2.08 bits per heavy atom. The second-order valence-corrected chi connectivity index (χ2v) is 6.48. The monoisotopic (exact) mass is 411 g/mol. The standard InChI is InChI=1S/C15H15BrFN5O3/c16-12-13(18-19-14(12)22(24)25)15(23)21-6-4-20(5-7-21)9-10-2-1-3-11(17)8-10/h1-3,8H,4-7,9H2,(H,18,19). The van der Waals surface area contributed by atoms with Gasteiger partial charge < -0.3 is 15.0 Å². The van der Waals surface area contributed by atoms with Gasteiger partial charge in [0.25, 0.3) is 5.91 Å². The van der Waals surface area contributed by atoms with Crippen molar-refractivity contribution in [1.82, 2.24) is 20.0 Å². The molecule has 0 unspecified atom stereocenters. The Morgan fingerprint density at radius 1 is 1.36 bits per heavy atom. The summed E-state index contributed by atoms with van der Waals surface area (Å²) in [5.74, 6) is -0.967. The van der Waals surface area contributed by atoms with Gasteiger partial charge in [-0.15, -0.1) is 5.10 Å². The lowest BCUT2D eigenvalue weighted by Gasteiger charge is -2.34. The molecule has 0 spiro atoms. The summed E-state index contributed by atoms with van der Waals surface area (Å²) in [5, 5.41) is 16.8. The molecule has 0 bridgehead atoms. The van der Waals surface area contributed by atoms with Crippen LogP contribution in [0.4, 0.5) is 10.2 Å². The van der Waals surface area contributed by atoms with E-state index in [0.717, 1.165) is 5.56 Å². The van der Waals surface area contributed by atoms with Gasteiger partial charge in [-0.3, -0.25) is 9.69 Å². The van der Waals surface area contributed by atoms with Crippen LogP contribution in [0.2, 0.25) is 0 Å². The van der Waals surface area contributed by atoms with Crippen molar-refractivity contribution < 1.29 is 14.1 Å². The van der Waals surface area contributed by atoms with Crippen LogP contribution in [0.25, 0.3) is 0 Å². The van der Waals surface area contributed by atoms with Crippen LogP contribution >= 0.6 is 15.9 Å². The van der Waals surface area contributed by atoms with Crippen molar-refractivity contribution in [3.05, 3.63) is 55.9 Å². The number of nitrogens with zero attached hydrogens (tertiary/aromatic N) is 4. The second kappa shape index (κ2) is 7.28. The largest absolute Gasteiger partial charge is 0.358 e. The van der Waals surface area contributed by atoms with E-state index in [1.807, 2.05) is 6.07 Å². The first-order chi connectivity index (χ1) is 12.0. The van der Waals surface area contributed by atoms with E-state index < -0.39 is 4.92 Å². The summed E-state index contributed by atoms with van der Waals surface area (Å²) in [6, 6.07) is 6.44. The van der Waals surface area contributed by atoms with Gasteiger partial charge in [-0.1, -0.05) is 17.2 Å². The normalized spacial score (nSPS) is 15.4. The first-order valence-corrected chi connectivity index (χ1v) is 8.39. The fourth-order valence-electron chi connectivity index (χ4n) is 2.73. The van der Waals surface area contributed by atoms with Gasteiger partial charge in [0.2, 0.25) is 0 Å². The molecule has 1 N–H and O–H groups in total. The molecule has 25 heavy (non-hydrogen) atoms. The third-order valence-corrected chi connectivity index (χ3v) is 4.78. The van der Waals surface area contributed by atoms with Crippen LogP contribution in [0.15, 0.2) is 28.7 Å². The summed E-state index contributed by atoms with van der Waals surface area (Å²) in [5.41, 5.74) is 0.885. The summed E-state index contributed by atoms with van der Waals surface area (Å²) in [6.45, 7) is 2.82. The molecule has 1 aliphatic heterocycles. The highest BCUT2D eigenvalue weighted by atomic mass is 79.9. The Labute approximate surface area is 150 Å². The van der Waals surface area contributed by atoms with Crippen LogP contribution < -0.4 is 0 Å². The summed E-state index contributed by atoms with van der Waals surface area (Å²) >= 11 is 3.05. The van der Waals surface area contributed by atoms with Gasteiger partial charge in [-0.2, -0.15) is 0 Å². The number of halogens is 2. The van der Waals surface area contributed by atoms with Gasteiger partial charge >= 0.3 is 5.82 Å². The molecule has 1 aliphatic rings. The molecule has 0 saturated carbocycles. The molecule has 2 aromatic rings. The molecular formula is C15H15BrFN5O3. The zero-order valence-electron chi connectivity index (χ0n) is 13.1. The van der Waals surface area contributed by atoms with Gasteiger partial charge in [-0.25, -0.2) is 4.39 Å². The van der Waals surface area contributed by atoms with Crippen molar-refractivity contribution in [2.24, 2.45) is 0 Å². The summed E-state index contributed by atoms with van der Waals surface area (Å²) in [6.07, 6.45) is 0. The van der Waals surface area contributed by atoms with Crippen LogP contribution in [0.3, 0.4) is 0 Å². The van der Waals surface area contributed by atoms with E-state index in [1.165, 1.54) is 12.1 Å². The molecule has 8 nitrogen and oxygen atoms in total. The van der Waals surface area contributed by atoms with Crippen molar-refractivity contribution in [3.63, 3.8) is 0 Å². The molecule has 10 heteroatoms. The van der Waals surface area contributed by atoms with E-state index in [-0.39, 0.29) is 27.7 Å². The lowest BCUT2D eigenvalue weighted by molar-refractivity contribution is -0.390. The number of nitrogens with one attached hydrogen (secondary N) is 1. The predicted octanol–water partition coefficient (Wildman–Crippen LogP) is 2.18. The molecule has 1 aromatic heterocycles. The van der Waals surface area contributed by atoms with Gasteiger partial charge in [-0.05, 0) is 38.5 Å². The lowest BCUT2D eigenvalue weighted by atomic mass is 10.2. The number of benzene rings is 1. The molecule has 1 aromatic carbocycles. The van der Waals surface area contributed by atoms with Crippen molar-refractivity contribution in [2.75, 3.05) is 26.2 Å². The Kier molecular flexibility index (Phi) is 5.09. The van der Waals surface area contributed by atoms with Crippen LogP contribution in [0.1, 0.15) is 16.1 Å². The third kappa shape index (κ3) is 3.85. The highest BCUT2D eigenvalue weighted by Gasteiger charge is 2.30. The first kappa shape index (κ1) is 17.5. The number of nitro groups is 1. The number of carbonyl (C=O) groups is 1. The lowest BCUT2D eigenvalue weighted by Crippen LogP contribution is -2.48. The van der Waals surface area contributed by atoms with Crippen molar-refractivity contribution in [1.29, 1.82) is 0 Å². The number of aromatic amines is 1. The van der Waals surface area contributed by atoms with E-state index in [9.17, 15) is 19.3 Å². The van der Waals surface area contributed by atoms with Gasteiger partial charge in [0.05, 0.1) is 0 Å². The molecule has 132 valence electrons. The summed E-state index contributed by atoms with van der Waals surface area (Å²) in [7, 11) is 0. The molecule has 0 atom stereocenters. The number of carbonyl (C=O) groups excluding carboxylic acids is 1. The molecule has 2 heterocycles. The maximum absolute atomic E-state index is 13.2. The Bertz CT molecular complexity index is 804. The number of H-pyrrole nitrogens is 1. The SMILES string of the molecule is O=C(c1n[nH]c([N+](=O)[O-])c1Br)N1CCN(Cc2cccc(F)c2)CC1. The minimum Gasteiger partial charge on any atom is -0.358 e. The fraction of sp³-hybridized carbons (Fsp3) is 0.333. The van der Waals surface area contributed by atoms with E-state index >= 15 is 0 Å². The first-order valence-electron chi connectivity index (χ1n) is 7.60. The molecule has 0 aliphatic carbocycles. The fourth-order valence-corrected chi connectivity index (χ4v) is 3.23. The Balaban J connectivity index is 1.60. The molecule has 1 saturated heterocycles. The maximum atomic E-state index is 13.2. The average Bonchev–Trinajstić information content (AvgIpc) is 2.97. The summed E-state index contributed by atoms with van der Waals surface area (Å²) in [4.78, 5) is 26.4. The topological polar surface area (TPSA) is 95.4 Å². The molecule has 3 rings (SSSR count). The smallest absolute Gasteiger partial charge is 0.357 e. The Hall–Kier alpha value is -2.33. The number of rotatable bonds is 4. The van der Waals surface area contributed by atoms with Crippen molar-refractivity contribution in [3.8, 4) is 0 Å². The quantitative estimate of drug-likeness (QED) is 0.614. The summed E-state index contributed by atoms with van der Waals surface area (Å²) < 4.78 is 13.3. The third-order valence-electron chi connectivity index (χ3n) is 4.03. The zero-order chi connectivity index (χ0) is 18.0. The number of piperazine rings is 1. The van der Waals surface area contributed by atoms with Crippen LogP contribution in [-0.4, -0.2) is 57.0 Å². The Morgan fingerprint density at radius 3 is 2.68 bits per heavy atom. The number of aromatic nitrogens is 2. The van der Waals surface area contributed by atoms with Crippen LogP contribution in [0, 0.1) is 15.9 Å². The molecule has 1 amide bonds. The number of hydrogen-bond acceptors (Lipinski definition) is 5. The van der Waals surface area contributed by atoms with Crippen molar-refractivity contribution >= 4 is 27.7 Å². The van der Waals surface area contributed by atoms with E-state index in [1.54, 1.807) is 11.0 Å². The van der Waals surface area contributed by atoms with E-state index in [4.69, 9.17) is 0 Å². The number of hydrogen-bond donors (Lipinski definition) is 1. The zero-order valence-corrected chi connectivity index (χ0v) is 14.7. The van der Waals surface area contributed by atoms with Gasteiger partial charge in [0.15, 0.2) is 5.69 Å². The highest BCUT2D eigenvalue weighted by molar-refractivity contribution is 9.10. The molecular weight excluding hydrogens is 397 g/mol.